The highest BCUT2D eigenvalue weighted by molar-refractivity contribution is 5.79. The first-order valence-corrected chi connectivity index (χ1v) is 8.99. The fourth-order valence-corrected chi connectivity index (χ4v) is 3.16. The Balaban J connectivity index is 1.77. The van der Waals surface area contributed by atoms with Crippen LogP contribution in [-0.2, 0) is 14.3 Å². The number of amides is 2. The summed E-state index contributed by atoms with van der Waals surface area (Å²) >= 11 is 0. The Kier molecular flexibility index (Phi) is 5.78. The third-order valence-electron chi connectivity index (χ3n) is 5.12. The van der Waals surface area contributed by atoms with Crippen LogP contribution in [0.1, 0.15) is 53.9 Å². The molecule has 2 rings (SSSR count). The summed E-state index contributed by atoms with van der Waals surface area (Å²) in [5.74, 6) is 0.417. The zero-order valence-electron chi connectivity index (χ0n) is 15.6. The van der Waals surface area contributed by atoms with E-state index in [-0.39, 0.29) is 17.9 Å². The molecule has 0 aromatic rings. The molecule has 138 valence electrons. The molecule has 1 heterocycles. The SMILES string of the molecule is CC(C)C1(CNC(=O)[C@@H]2CCO[C@H]2CNC(=O)OC(C)(C)C)CC1. The summed E-state index contributed by atoms with van der Waals surface area (Å²) in [5.41, 5.74) is -0.244. The number of hydrogen-bond donors (Lipinski definition) is 2. The summed E-state index contributed by atoms with van der Waals surface area (Å²) in [6.45, 7) is 11.5. The number of carbonyl (C=O) groups is 2. The highest BCUT2D eigenvalue weighted by atomic mass is 16.6. The average molecular weight is 340 g/mol. The van der Waals surface area contributed by atoms with Crippen LogP contribution in [0.2, 0.25) is 0 Å². The summed E-state index contributed by atoms with van der Waals surface area (Å²) in [7, 11) is 0. The van der Waals surface area contributed by atoms with Crippen molar-refractivity contribution in [2.75, 3.05) is 19.7 Å². The summed E-state index contributed by atoms with van der Waals surface area (Å²) < 4.78 is 10.8. The fourth-order valence-electron chi connectivity index (χ4n) is 3.16. The lowest BCUT2D eigenvalue weighted by Gasteiger charge is -2.24. The van der Waals surface area contributed by atoms with Crippen molar-refractivity contribution in [2.45, 2.75) is 65.6 Å². The molecule has 0 aromatic carbocycles. The Morgan fingerprint density at radius 2 is 1.92 bits per heavy atom. The molecule has 1 aliphatic heterocycles. The first-order chi connectivity index (χ1) is 11.1. The maximum atomic E-state index is 12.5. The molecule has 1 saturated carbocycles. The van der Waals surface area contributed by atoms with Gasteiger partial charge in [0.25, 0.3) is 0 Å². The molecule has 2 fully saturated rings. The molecule has 2 atom stereocenters. The number of rotatable bonds is 6. The monoisotopic (exact) mass is 340 g/mol. The number of ether oxygens (including phenoxy) is 2. The molecule has 0 spiro atoms. The summed E-state index contributed by atoms with van der Waals surface area (Å²) in [6, 6.07) is 0. The van der Waals surface area contributed by atoms with Crippen molar-refractivity contribution in [1.29, 1.82) is 0 Å². The Morgan fingerprint density at radius 1 is 1.25 bits per heavy atom. The van der Waals surface area contributed by atoms with Gasteiger partial charge in [0.05, 0.1) is 12.0 Å². The predicted molar refractivity (Wildman–Crippen MR) is 91.6 cm³/mol. The van der Waals surface area contributed by atoms with Gasteiger partial charge in [-0.2, -0.15) is 0 Å². The van der Waals surface area contributed by atoms with Gasteiger partial charge in [-0.05, 0) is 51.4 Å². The summed E-state index contributed by atoms with van der Waals surface area (Å²) in [5, 5.41) is 5.80. The molecule has 2 aliphatic rings. The van der Waals surface area contributed by atoms with Crippen molar-refractivity contribution in [3.05, 3.63) is 0 Å². The Morgan fingerprint density at radius 3 is 2.46 bits per heavy atom. The Labute approximate surface area is 145 Å². The van der Waals surface area contributed by atoms with Gasteiger partial charge in [0.2, 0.25) is 5.91 Å². The van der Waals surface area contributed by atoms with Crippen molar-refractivity contribution in [1.82, 2.24) is 10.6 Å². The van der Waals surface area contributed by atoms with E-state index in [1.807, 2.05) is 20.8 Å². The largest absolute Gasteiger partial charge is 0.444 e. The van der Waals surface area contributed by atoms with E-state index in [9.17, 15) is 9.59 Å². The van der Waals surface area contributed by atoms with Crippen LogP contribution in [0.15, 0.2) is 0 Å². The topological polar surface area (TPSA) is 76.7 Å². The van der Waals surface area contributed by atoms with Gasteiger partial charge in [-0.25, -0.2) is 4.79 Å². The van der Waals surface area contributed by atoms with Crippen LogP contribution in [0.5, 0.6) is 0 Å². The van der Waals surface area contributed by atoms with E-state index in [1.165, 1.54) is 12.8 Å². The summed E-state index contributed by atoms with van der Waals surface area (Å²) in [4.78, 5) is 24.2. The van der Waals surface area contributed by atoms with E-state index in [0.717, 1.165) is 6.54 Å². The Hall–Kier alpha value is -1.30. The van der Waals surface area contributed by atoms with Crippen LogP contribution < -0.4 is 10.6 Å². The molecule has 0 bridgehead atoms. The van der Waals surface area contributed by atoms with Crippen molar-refractivity contribution in [3.8, 4) is 0 Å². The number of nitrogens with one attached hydrogen (secondary N) is 2. The average Bonchev–Trinajstić information content (AvgIpc) is 3.11. The highest BCUT2D eigenvalue weighted by Crippen LogP contribution is 2.51. The lowest BCUT2D eigenvalue weighted by Crippen LogP contribution is -2.44. The second-order valence-corrected chi connectivity index (χ2v) is 8.42. The van der Waals surface area contributed by atoms with E-state index in [1.54, 1.807) is 0 Å². The number of alkyl carbamates (subject to hydrolysis) is 1. The van der Waals surface area contributed by atoms with Crippen LogP contribution >= 0.6 is 0 Å². The molecule has 0 unspecified atom stereocenters. The molecule has 0 radical (unpaired) electrons. The van der Waals surface area contributed by atoms with Gasteiger partial charge >= 0.3 is 6.09 Å². The van der Waals surface area contributed by atoms with Gasteiger partial charge in [-0.3, -0.25) is 4.79 Å². The van der Waals surface area contributed by atoms with Gasteiger partial charge in [0.1, 0.15) is 5.60 Å². The van der Waals surface area contributed by atoms with Gasteiger partial charge < -0.3 is 20.1 Å². The molecule has 1 aliphatic carbocycles. The van der Waals surface area contributed by atoms with Crippen molar-refractivity contribution in [3.63, 3.8) is 0 Å². The maximum Gasteiger partial charge on any atom is 0.407 e. The minimum Gasteiger partial charge on any atom is -0.444 e. The van der Waals surface area contributed by atoms with Gasteiger partial charge in [0.15, 0.2) is 0 Å². The maximum absolute atomic E-state index is 12.5. The lowest BCUT2D eigenvalue weighted by atomic mass is 9.92. The van der Waals surface area contributed by atoms with Gasteiger partial charge in [-0.1, -0.05) is 13.8 Å². The van der Waals surface area contributed by atoms with Crippen LogP contribution in [0.3, 0.4) is 0 Å². The standard InChI is InChI=1S/C18H32N2O4/c1-12(2)18(7-8-18)11-20-15(21)13-6-9-23-14(13)10-19-16(22)24-17(3,4)5/h12-14H,6-11H2,1-5H3,(H,19,22)(H,20,21)/t13-,14+/m1/s1. The van der Waals surface area contributed by atoms with E-state index in [0.29, 0.717) is 30.9 Å². The second-order valence-electron chi connectivity index (χ2n) is 8.42. The van der Waals surface area contributed by atoms with E-state index >= 15 is 0 Å². The molecule has 0 aromatic heterocycles. The second kappa shape index (κ2) is 7.30. The van der Waals surface area contributed by atoms with Crippen molar-refractivity contribution in [2.24, 2.45) is 17.3 Å². The van der Waals surface area contributed by atoms with Crippen LogP contribution in [0.4, 0.5) is 4.79 Å². The smallest absolute Gasteiger partial charge is 0.407 e. The number of hydrogen-bond acceptors (Lipinski definition) is 4. The molecular formula is C18H32N2O4. The first-order valence-electron chi connectivity index (χ1n) is 8.99. The van der Waals surface area contributed by atoms with E-state index in [4.69, 9.17) is 9.47 Å². The fraction of sp³-hybridized carbons (Fsp3) is 0.889. The lowest BCUT2D eigenvalue weighted by molar-refractivity contribution is -0.127. The molecule has 24 heavy (non-hydrogen) atoms. The minimum absolute atomic E-state index is 0.0374. The van der Waals surface area contributed by atoms with E-state index < -0.39 is 11.7 Å². The molecule has 1 saturated heterocycles. The molecule has 6 nitrogen and oxygen atoms in total. The predicted octanol–water partition coefficient (Wildman–Crippen LogP) is 2.47. The first kappa shape index (κ1) is 19.0. The van der Waals surface area contributed by atoms with Crippen LogP contribution in [-0.4, -0.2) is 43.4 Å². The highest BCUT2D eigenvalue weighted by Gasteiger charge is 2.46. The molecule has 2 N–H and O–H groups in total. The number of carbonyl (C=O) groups excluding carboxylic acids is 2. The van der Waals surface area contributed by atoms with Gasteiger partial charge in [-0.15, -0.1) is 0 Å². The Bertz CT molecular complexity index is 466. The quantitative estimate of drug-likeness (QED) is 0.779. The van der Waals surface area contributed by atoms with Crippen LogP contribution in [0.25, 0.3) is 0 Å². The third kappa shape index (κ3) is 5.10. The minimum atomic E-state index is -0.535. The van der Waals surface area contributed by atoms with Crippen molar-refractivity contribution < 1.29 is 19.1 Å². The van der Waals surface area contributed by atoms with Gasteiger partial charge in [0, 0.05) is 19.7 Å². The zero-order chi connectivity index (χ0) is 18.0. The van der Waals surface area contributed by atoms with Crippen molar-refractivity contribution >= 4 is 12.0 Å². The van der Waals surface area contributed by atoms with Crippen LogP contribution in [0, 0.1) is 17.3 Å². The third-order valence-corrected chi connectivity index (χ3v) is 5.12. The van der Waals surface area contributed by atoms with E-state index in [2.05, 4.69) is 24.5 Å². The summed E-state index contributed by atoms with van der Waals surface area (Å²) in [6.07, 6.45) is 2.31. The molecule has 2 amide bonds. The normalized spacial score (nSPS) is 25.4. The molecule has 6 heteroatoms. The molecular weight excluding hydrogens is 308 g/mol. The zero-order valence-corrected chi connectivity index (χ0v) is 15.6.